The van der Waals surface area contributed by atoms with Gasteiger partial charge < -0.3 is 4.74 Å². The predicted molar refractivity (Wildman–Crippen MR) is 87.7 cm³/mol. The van der Waals surface area contributed by atoms with Gasteiger partial charge in [0.25, 0.3) is 0 Å². The van der Waals surface area contributed by atoms with Crippen LogP contribution in [0.4, 0.5) is 0 Å². The molecule has 0 saturated heterocycles. The number of ether oxygens (including phenoxy) is 1. The molecule has 100 valence electrons. The highest BCUT2D eigenvalue weighted by Gasteiger charge is 2.17. The Hall–Kier alpha value is -0.510. The van der Waals surface area contributed by atoms with Crippen LogP contribution in [0, 0.1) is 6.92 Å². The number of benzene rings is 2. The van der Waals surface area contributed by atoms with Gasteiger partial charge in [-0.1, -0.05) is 49.5 Å². The summed E-state index contributed by atoms with van der Waals surface area (Å²) in [5.74, 6) is 0.825. The van der Waals surface area contributed by atoms with Crippen molar-refractivity contribution in [1.29, 1.82) is 0 Å². The molecule has 2 rings (SSSR count). The highest BCUT2D eigenvalue weighted by atomic mass is 79.9. The van der Waals surface area contributed by atoms with E-state index in [-0.39, 0.29) is 4.83 Å². The first kappa shape index (κ1) is 14.9. The number of alkyl halides is 1. The SMILES string of the molecule is COc1ccc(Cl)cc1C(Br)c1cc(Br)ccc1C. The van der Waals surface area contributed by atoms with Crippen molar-refractivity contribution in [3.63, 3.8) is 0 Å². The van der Waals surface area contributed by atoms with Gasteiger partial charge in [-0.25, -0.2) is 0 Å². The lowest BCUT2D eigenvalue weighted by atomic mass is 10.00. The third-order valence-electron chi connectivity index (χ3n) is 2.98. The first-order valence-electron chi connectivity index (χ1n) is 5.76. The quantitative estimate of drug-likeness (QED) is 0.579. The minimum atomic E-state index is 0.0404. The van der Waals surface area contributed by atoms with E-state index in [9.17, 15) is 0 Å². The third-order valence-corrected chi connectivity index (χ3v) is 4.69. The van der Waals surface area contributed by atoms with Crippen molar-refractivity contribution in [3.05, 3.63) is 62.6 Å². The molecule has 2 aromatic carbocycles. The van der Waals surface area contributed by atoms with Crippen molar-refractivity contribution in [2.45, 2.75) is 11.8 Å². The fourth-order valence-corrected chi connectivity index (χ4v) is 3.37. The van der Waals surface area contributed by atoms with Crippen molar-refractivity contribution in [1.82, 2.24) is 0 Å². The lowest BCUT2D eigenvalue weighted by Crippen LogP contribution is -1.99. The highest BCUT2D eigenvalue weighted by molar-refractivity contribution is 9.10. The average Bonchev–Trinajstić information content (AvgIpc) is 2.40. The molecule has 0 aliphatic carbocycles. The molecule has 1 unspecified atom stereocenters. The van der Waals surface area contributed by atoms with Crippen LogP contribution in [-0.2, 0) is 0 Å². The van der Waals surface area contributed by atoms with Crippen LogP contribution in [0.3, 0.4) is 0 Å². The molecule has 0 aliphatic rings. The van der Waals surface area contributed by atoms with Crippen LogP contribution in [-0.4, -0.2) is 7.11 Å². The minimum Gasteiger partial charge on any atom is -0.496 e. The van der Waals surface area contributed by atoms with E-state index in [0.29, 0.717) is 5.02 Å². The molecule has 1 nitrogen and oxygen atoms in total. The molecule has 0 fully saturated rings. The van der Waals surface area contributed by atoms with Gasteiger partial charge in [-0.3, -0.25) is 0 Å². The summed E-state index contributed by atoms with van der Waals surface area (Å²) in [6, 6.07) is 11.9. The van der Waals surface area contributed by atoms with Crippen molar-refractivity contribution < 1.29 is 4.74 Å². The second-order valence-corrected chi connectivity index (χ2v) is 6.52. The molecule has 0 radical (unpaired) electrons. The zero-order chi connectivity index (χ0) is 14.0. The monoisotopic (exact) mass is 402 g/mol. The van der Waals surface area contributed by atoms with E-state index >= 15 is 0 Å². The molecule has 2 aromatic rings. The molecule has 0 bridgehead atoms. The van der Waals surface area contributed by atoms with E-state index in [1.165, 1.54) is 11.1 Å². The van der Waals surface area contributed by atoms with Crippen LogP contribution in [0.1, 0.15) is 21.5 Å². The summed E-state index contributed by atoms with van der Waals surface area (Å²) >= 11 is 13.3. The molecule has 0 aromatic heterocycles. The maximum absolute atomic E-state index is 6.09. The van der Waals surface area contributed by atoms with Crippen molar-refractivity contribution in [2.24, 2.45) is 0 Å². The first-order chi connectivity index (χ1) is 9.02. The Morgan fingerprint density at radius 3 is 2.53 bits per heavy atom. The molecule has 0 spiro atoms. The fourth-order valence-electron chi connectivity index (χ4n) is 1.96. The smallest absolute Gasteiger partial charge is 0.123 e. The molecule has 0 amide bonds. The van der Waals surface area contributed by atoms with Crippen LogP contribution in [0.15, 0.2) is 40.9 Å². The van der Waals surface area contributed by atoms with E-state index in [1.54, 1.807) is 7.11 Å². The van der Waals surface area contributed by atoms with Crippen LogP contribution in [0.5, 0.6) is 5.75 Å². The number of hydrogen-bond donors (Lipinski definition) is 0. The molecule has 0 heterocycles. The highest BCUT2D eigenvalue weighted by Crippen LogP contribution is 2.39. The lowest BCUT2D eigenvalue weighted by molar-refractivity contribution is 0.410. The van der Waals surface area contributed by atoms with Crippen LogP contribution >= 0.6 is 43.5 Å². The summed E-state index contributed by atoms with van der Waals surface area (Å²) in [6.07, 6.45) is 0. The standard InChI is InChI=1S/C15H13Br2ClO/c1-9-3-4-10(16)7-12(9)15(17)13-8-11(18)5-6-14(13)19-2/h3-8,15H,1-2H3. The molecule has 0 saturated carbocycles. The number of aryl methyl sites for hydroxylation is 1. The predicted octanol–water partition coefficient (Wildman–Crippen LogP) is 5.90. The van der Waals surface area contributed by atoms with E-state index in [1.807, 2.05) is 24.3 Å². The van der Waals surface area contributed by atoms with Gasteiger partial charge in [0.2, 0.25) is 0 Å². The van der Waals surface area contributed by atoms with E-state index in [2.05, 4.69) is 50.9 Å². The van der Waals surface area contributed by atoms with Gasteiger partial charge in [0.05, 0.1) is 11.9 Å². The van der Waals surface area contributed by atoms with Gasteiger partial charge in [-0.05, 0) is 48.4 Å². The second kappa shape index (κ2) is 6.29. The van der Waals surface area contributed by atoms with E-state index < -0.39 is 0 Å². The number of methoxy groups -OCH3 is 1. The Bertz CT molecular complexity index is 599. The minimum absolute atomic E-state index is 0.0404. The Labute approximate surface area is 135 Å². The number of halogens is 3. The maximum atomic E-state index is 6.09. The van der Waals surface area contributed by atoms with Gasteiger partial charge in [0, 0.05) is 15.1 Å². The lowest BCUT2D eigenvalue weighted by Gasteiger charge is -2.17. The summed E-state index contributed by atoms with van der Waals surface area (Å²) in [5, 5.41) is 0.702. The summed E-state index contributed by atoms with van der Waals surface area (Å²) in [5.41, 5.74) is 3.43. The number of rotatable bonds is 3. The zero-order valence-corrected chi connectivity index (χ0v) is 14.5. The van der Waals surface area contributed by atoms with Crippen molar-refractivity contribution >= 4 is 43.5 Å². The largest absolute Gasteiger partial charge is 0.496 e. The molecular weight excluding hydrogens is 391 g/mol. The van der Waals surface area contributed by atoms with Gasteiger partial charge in [-0.15, -0.1) is 0 Å². The van der Waals surface area contributed by atoms with E-state index in [4.69, 9.17) is 16.3 Å². The summed E-state index contributed by atoms with van der Waals surface area (Å²) in [6.45, 7) is 2.09. The maximum Gasteiger partial charge on any atom is 0.123 e. The first-order valence-corrected chi connectivity index (χ1v) is 7.85. The van der Waals surface area contributed by atoms with Crippen LogP contribution in [0.2, 0.25) is 5.02 Å². The molecular formula is C15H13Br2ClO. The average molecular weight is 405 g/mol. The Kier molecular flexibility index (Phi) is 4.93. The summed E-state index contributed by atoms with van der Waals surface area (Å²) in [7, 11) is 1.67. The van der Waals surface area contributed by atoms with Gasteiger partial charge in [-0.2, -0.15) is 0 Å². The molecule has 0 N–H and O–H groups in total. The third kappa shape index (κ3) is 3.33. The van der Waals surface area contributed by atoms with Crippen molar-refractivity contribution in [2.75, 3.05) is 7.11 Å². The van der Waals surface area contributed by atoms with E-state index in [0.717, 1.165) is 15.8 Å². The Morgan fingerprint density at radius 1 is 1.11 bits per heavy atom. The summed E-state index contributed by atoms with van der Waals surface area (Å²) in [4.78, 5) is 0.0404. The topological polar surface area (TPSA) is 9.23 Å². The number of hydrogen-bond acceptors (Lipinski definition) is 1. The van der Waals surface area contributed by atoms with Gasteiger partial charge in [0.15, 0.2) is 0 Å². The molecule has 1 atom stereocenters. The molecule has 19 heavy (non-hydrogen) atoms. The normalized spacial score (nSPS) is 12.3. The molecule has 4 heteroatoms. The summed E-state index contributed by atoms with van der Waals surface area (Å²) < 4.78 is 6.47. The zero-order valence-electron chi connectivity index (χ0n) is 10.6. The van der Waals surface area contributed by atoms with Crippen LogP contribution in [0.25, 0.3) is 0 Å². The second-order valence-electron chi connectivity index (χ2n) is 4.25. The Balaban J connectivity index is 2.51. The fraction of sp³-hybridized carbons (Fsp3) is 0.200. The van der Waals surface area contributed by atoms with Gasteiger partial charge >= 0.3 is 0 Å². The van der Waals surface area contributed by atoms with Crippen molar-refractivity contribution in [3.8, 4) is 5.75 Å². The Morgan fingerprint density at radius 2 is 1.84 bits per heavy atom. The van der Waals surface area contributed by atoms with Crippen LogP contribution < -0.4 is 4.74 Å². The van der Waals surface area contributed by atoms with Gasteiger partial charge in [0.1, 0.15) is 5.75 Å². The molecule has 0 aliphatic heterocycles.